The first-order valence-corrected chi connectivity index (χ1v) is 11.2. The van der Waals surface area contributed by atoms with Crippen LogP contribution in [0.15, 0.2) is 110 Å². The number of rotatable bonds is 7. The zero-order valence-electron chi connectivity index (χ0n) is 19.4. The summed E-state index contributed by atoms with van der Waals surface area (Å²) >= 11 is 0. The molecule has 0 amide bonds. The Hall–Kier alpha value is -4.37. The van der Waals surface area contributed by atoms with Crippen molar-refractivity contribution in [2.45, 2.75) is 13.8 Å². The third-order valence-electron chi connectivity index (χ3n) is 5.45. The minimum absolute atomic E-state index is 0.469. The van der Waals surface area contributed by atoms with Gasteiger partial charge in [-0.3, -0.25) is 0 Å². The van der Waals surface area contributed by atoms with E-state index in [-0.39, 0.29) is 0 Å². The Balaban J connectivity index is 1.58. The van der Waals surface area contributed by atoms with Gasteiger partial charge in [0.2, 0.25) is 0 Å². The number of carbonyl (C=O) groups is 1. The summed E-state index contributed by atoms with van der Waals surface area (Å²) in [6.07, 6.45) is 5.19. The number of benzene rings is 4. The Bertz CT molecular complexity index is 1260. The van der Waals surface area contributed by atoms with E-state index in [0.29, 0.717) is 5.75 Å². The molecule has 3 nitrogen and oxygen atoms in total. The fraction of sp³-hybridized carbons (Fsp3) is 0.0645. The molecular formula is C31H27NO2. The van der Waals surface area contributed by atoms with Gasteiger partial charge in [-0.2, -0.15) is 0 Å². The molecule has 0 saturated carbocycles. The first kappa shape index (κ1) is 22.8. The summed E-state index contributed by atoms with van der Waals surface area (Å²) in [7, 11) is 0. The van der Waals surface area contributed by atoms with Gasteiger partial charge in [-0.15, -0.1) is 0 Å². The summed E-state index contributed by atoms with van der Waals surface area (Å²) < 4.78 is 5.20. The van der Waals surface area contributed by atoms with Crippen molar-refractivity contribution in [2.75, 3.05) is 4.90 Å². The smallest absolute Gasteiger partial charge is 0.335 e. The molecule has 0 atom stereocenters. The normalized spacial score (nSPS) is 10.8. The molecule has 168 valence electrons. The molecule has 0 heterocycles. The molecule has 0 aliphatic heterocycles. The fourth-order valence-corrected chi connectivity index (χ4v) is 3.60. The van der Waals surface area contributed by atoms with Crippen molar-refractivity contribution in [2.24, 2.45) is 0 Å². The quantitative estimate of drug-likeness (QED) is 0.125. The highest BCUT2D eigenvalue weighted by atomic mass is 16.5. The monoisotopic (exact) mass is 445 g/mol. The molecule has 4 aromatic carbocycles. The van der Waals surface area contributed by atoms with Crippen LogP contribution < -0.4 is 9.64 Å². The molecule has 3 heteroatoms. The van der Waals surface area contributed by atoms with Crippen LogP contribution in [0.4, 0.5) is 17.1 Å². The van der Waals surface area contributed by atoms with Crippen LogP contribution in [-0.2, 0) is 4.79 Å². The predicted octanol–water partition coefficient (Wildman–Crippen LogP) is 8.04. The molecule has 0 aromatic heterocycles. The molecule has 0 N–H and O–H groups in total. The highest BCUT2D eigenvalue weighted by Gasteiger charge is 2.12. The minimum atomic E-state index is -0.469. The predicted molar refractivity (Wildman–Crippen MR) is 142 cm³/mol. The molecule has 34 heavy (non-hydrogen) atoms. The summed E-state index contributed by atoms with van der Waals surface area (Å²) in [6, 6.07) is 33.0. The molecule has 0 radical (unpaired) electrons. The minimum Gasteiger partial charge on any atom is -0.423 e. The van der Waals surface area contributed by atoms with Gasteiger partial charge in [0.25, 0.3) is 0 Å². The molecule has 0 bridgehead atoms. The number of anilines is 3. The van der Waals surface area contributed by atoms with Crippen LogP contribution in [0.3, 0.4) is 0 Å². The van der Waals surface area contributed by atoms with Crippen LogP contribution in [0.2, 0.25) is 0 Å². The van der Waals surface area contributed by atoms with Gasteiger partial charge in [0.05, 0.1) is 0 Å². The standard InChI is InChI=1S/C31H27NO2/c1-4-31(33)34-30-7-5-6-26(22-30)13-12-25-14-20-29(21-15-25)32(27-16-8-23(2)9-17-27)28-18-10-24(3)11-19-28/h4-22H,1H2,2-3H3. The number of hydrogen-bond acceptors (Lipinski definition) is 3. The third-order valence-corrected chi connectivity index (χ3v) is 5.45. The molecule has 4 aromatic rings. The zero-order chi connectivity index (χ0) is 23.9. The first-order chi connectivity index (χ1) is 16.5. The average Bonchev–Trinajstić information content (AvgIpc) is 2.86. The van der Waals surface area contributed by atoms with E-state index < -0.39 is 5.97 Å². The lowest BCUT2D eigenvalue weighted by Gasteiger charge is -2.25. The second-order valence-corrected chi connectivity index (χ2v) is 8.13. The highest BCUT2D eigenvalue weighted by molar-refractivity contribution is 5.83. The lowest BCUT2D eigenvalue weighted by molar-refractivity contribution is -0.128. The molecule has 0 unspecified atom stereocenters. The van der Waals surface area contributed by atoms with E-state index in [2.05, 4.69) is 98.1 Å². The van der Waals surface area contributed by atoms with E-state index >= 15 is 0 Å². The lowest BCUT2D eigenvalue weighted by Crippen LogP contribution is -2.09. The molecule has 0 spiro atoms. The van der Waals surface area contributed by atoms with Crippen LogP contribution in [0, 0.1) is 13.8 Å². The number of nitrogens with zero attached hydrogens (tertiary/aromatic N) is 1. The molecule has 0 aliphatic carbocycles. The van der Waals surface area contributed by atoms with Gasteiger partial charge in [-0.05, 0) is 73.5 Å². The molecule has 0 fully saturated rings. The van der Waals surface area contributed by atoms with E-state index in [1.165, 1.54) is 11.1 Å². The fourth-order valence-electron chi connectivity index (χ4n) is 3.60. The maximum atomic E-state index is 11.4. The first-order valence-electron chi connectivity index (χ1n) is 11.2. The van der Waals surface area contributed by atoms with Crippen LogP contribution in [0.25, 0.3) is 12.2 Å². The van der Waals surface area contributed by atoms with Gasteiger partial charge >= 0.3 is 5.97 Å². The van der Waals surface area contributed by atoms with E-state index in [4.69, 9.17) is 4.74 Å². The summed E-state index contributed by atoms with van der Waals surface area (Å²) in [5.74, 6) is 0.0256. The van der Waals surface area contributed by atoms with Crippen molar-refractivity contribution in [3.05, 3.63) is 132 Å². The summed E-state index contributed by atoms with van der Waals surface area (Å²) in [5, 5.41) is 0. The van der Waals surface area contributed by atoms with Gasteiger partial charge in [-0.25, -0.2) is 4.79 Å². The number of esters is 1. The van der Waals surface area contributed by atoms with Crippen molar-refractivity contribution in [1.82, 2.24) is 0 Å². The van der Waals surface area contributed by atoms with E-state index in [0.717, 1.165) is 34.3 Å². The van der Waals surface area contributed by atoms with Crippen molar-refractivity contribution >= 4 is 35.2 Å². The maximum absolute atomic E-state index is 11.4. The van der Waals surface area contributed by atoms with E-state index in [9.17, 15) is 4.79 Å². The summed E-state index contributed by atoms with van der Waals surface area (Å²) in [6.45, 7) is 7.62. The lowest BCUT2D eigenvalue weighted by atomic mass is 10.1. The summed E-state index contributed by atoms with van der Waals surface area (Å²) in [5.41, 5.74) is 7.80. The van der Waals surface area contributed by atoms with Crippen LogP contribution in [0.5, 0.6) is 5.75 Å². The Kier molecular flexibility index (Phi) is 7.04. The van der Waals surface area contributed by atoms with Crippen molar-refractivity contribution in [1.29, 1.82) is 0 Å². The number of ether oxygens (including phenoxy) is 1. The Morgan fingerprint density at radius 2 is 1.21 bits per heavy atom. The van der Waals surface area contributed by atoms with Gasteiger partial charge in [0.15, 0.2) is 0 Å². The molecule has 0 saturated heterocycles. The van der Waals surface area contributed by atoms with Crippen LogP contribution in [0.1, 0.15) is 22.3 Å². The molecule has 0 aliphatic rings. The highest BCUT2D eigenvalue weighted by Crippen LogP contribution is 2.34. The van der Waals surface area contributed by atoms with Crippen molar-refractivity contribution in [3.8, 4) is 5.75 Å². The van der Waals surface area contributed by atoms with Gasteiger partial charge in [0.1, 0.15) is 5.75 Å². The van der Waals surface area contributed by atoms with Crippen LogP contribution >= 0.6 is 0 Å². The number of hydrogen-bond donors (Lipinski definition) is 0. The second kappa shape index (κ2) is 10.5. The average molecular weight is 446 g/mol. The van der Waals surface area contributed by atoms with Crippen molar-refractivity contribution < 1.29 is 9.53 Å². The Morgan fingerprint density at radius 3 is 1.74 bits per heavy atom. The Labute approximate surface area is 201 Å². The van der Waals surface area contributed by atoms with Crippen LogP contribution in [-0.4, -0.2) is 5.97 Å². The third kappa shape index (κ3) is 5.70. The van der Waals surface area contributed by atoms with Gasteiger partial charge in [-0.1, -0.05) is 78.4 Å². The number of carbonyl (C=O) groups excluding carboxylic acids is 1. The van der Waals surface area contributed by atoms with Gasteiger partial charge < -0.3 is 9.64 Å². The Morgan fingerprint density at radius 1 is 0.706 bits per heavy atom. The zero-order valence-corrected chi connectivity index (χ0v) is 19.4. The SMILES string of the molecule is C=CC(=O)Oc1cccc(C=Cc2ccc(N(c3ccc(C)cc3)c3ccc(C)cc3)cc2)c1. The van der Waals surface area contributed by atoms with E-state index in [1.807, 2.05) is 30.4 Å². The molecular weight excluding hydrogens is 418 g/mol. The van der Waals surface area contributed by atoms with Crippen molar-refractivity contribution in [3.63, 3.8) is 0 Å². The summed E-state index contributed by atoms with van der Waals surface area (Å²) in [4.78, 5) is 13.7. The largest absolute Gasteiger partial charge is 0.423 e. The number of aryl methyl sites for hydroxylation is 2. The van der Waals surface area contributed by atoms with Gasteiger partial charge in [0, 0.05) is 23.1 Å². The molecule has 4 rings (SSSR count). The maximum Gasteiger partial charge on any atom is 0.335 e. The topological polar surface area (TPSA) is 29.5 Å². The van der Waals surface area contributed by atoms with E-state index in [1.54, 1.807) is 6.07 Å². The second-order valence-electron chi connectivity index (χ2n) is 8.13.